The van der Waals surface area contributed by atoms with E-state index in [2.05, 4.69) is 25.7 Å². The highest BCUT2D eigenvalue weighted by atomic mass is 32.2. The molecule has 3 aromatic rings. The van der Waals surface area contributed by atoms with Gasteiger partial charge in [-0.3, -0.25) is 9.36 Å². The first kappa shape index (κ1) is 19.7. The number of hydrogen-bond donors (Lipinski definition) is 1. The Morgan fingerprint density at radius 1 is 1.38 bits per heavy atom. The summed E-state index contributed by atoms with van der Waals surface area (Å²) < 4.78 is 12.8. The fourth-order valence-electron chi connectivity index (χ4n) is 3.01. The standard InChI is InChI=1S/C19H24N6O3S/c1-4-25-17(13-6-5-9-27-13)22-23-19(25)29-10-14(26)20-15(11(2)3)18-21-16(24-28-18)12-7-8-12/h5-6,9,11-12,15H,4,7-8,10H2,1-3H3,(H,20,26). The number of aromatic nitrogens is 5. The van der Waals surface area contributed by atoms with Crippen molar-refractivity contribution in [1.29, 1.82) is 0 Å². The van der Waals surface area contributed by atoms with Crippen molar-refractivity contribution in [2.75, 3.05) is 5.75 Å². The first-order valence-electron chi connectivity index (χ1n) is 9.79. The molecule has 1 N–H and O–H groups in total. The minimum absolute atomic E-state index is 0.120. The van der Waals surface area contributed by atoms with Crippen LogP contribution < -0.4 is 5.32 Å². The summed E-state index contributed by atoms with van der Waals surface area (Å²) in [6, 6.07) is 3.33. The van der Waals surface area contributed by atoms with Crippen molar-refractivity contribution in [3.63, 3.8) is 0 Å². The van der Waals surface area contributed by atoms with Crippen LogP contribution in [0.25, 0.3) is 11.6 Å². The van der Waals surface area contributed by atoms with Gasteiger partial charge >= 0.3 is 0 Å². The van der Waals surface area contributed by atoms with Crippen LogP contribution in [0.1, 0.15) is 57.3 Å². The second kappa shape index (κ2) is 8.40. The summed E-state index contributed by atoms with van der Waals surface area (Å²) in [7, 11) is 0. The van der Waals surface area contributed by atoms with Crippen LogP contribution in [0, 0.1) is 5.92 Å². The monoisotopic (exact) mass is 416 g/mol. The summed E-state index contributed by atoms with van der Waals surface area (Å²) in [5, 5.41) is 16.2. The Balaban J connectivity index is 1.39. The molecule has 0 spiro atoms. The van der Waals surface area contributed by atoms with Gasteiger partial charge in [-0.25, -0.2) is 0 Å². The van der Waals surface area contributed by atoms with Gasteiger partial charge in [0.15, 0.2) is 22.6 Å². The van der Waals surface area contributed by atoms with Crippen molar-refractivity contribution in [2.24, 2.45) is 5.92 Å². The molecule has 0 aromatic carbocycles. The molecule has 1 fully saturated rings. The number of carbonyl (C=O) groups is 1. The molecule has 1 aliphatic carbocycles. The highest BCUT2D eigenvalue weighted by molar-refractivity contribution is 7.99. The zero-order chi connectivity index (χ0) is 20.4. The highest BCUT2D eigenvalue weighted by Gasteiger charge is 2.31. The molecule has 1 unspecified atom stereocenters. The Bertz CT molecular complexity index is 961. The predicted octanol–water partition coefficient (Wildman–Crippen LogP) is 3.42. The van der Waals surface area contributed by atoms with Crippen molar-refractivity contribution in [3.8, 4) is 11.6 Å². The number of nitrogens with zero attached hydrogens (tertiary/aromatic N) is 5. The number of carbonyl (C=O) groups excluding carboxylic acids is 1. The Kier molecular flexibility index (Phi) is 5.70. The van der Waals surface area contributed by atoms with Crippen molar-refractivity contribution in [1.82, 2.24) is 30.2 Å². The topological polar surface area (TPSA) is 112 Å². The lowest BCUT2D eigenvalue weighted by Crippen LogP contribution is -2.33. The molecule has 4 rings (SSSR count). The van der Waals surface area contributed by atoms with E-state index in [0.717, 1.165) is 18.7 Å². The van der Waals surface area contributed by atoms with Crippen molar-refractivity contribution < 1.29 is 13.7 Å². The van der Waals surface area contributed by atoms with E-state index in [1.807, 2.05) is 37.5 Å². The molecular weight excluding hydrogens is 392 g/mol. The van der Waals surface area contributed by atoms with Crippen LogP contribution >= 0.6 is 11.8 Å². The molecule has 1 aliphatic rings. The Labute approximate surface area is 172 Å². The van der Waals surface area contributed by atoms with E-state index in [-0.39, 0.29) is 23.6 Å². The molecular formula is C19H24N6O3S. The maximum absolute atomic E-state index is 12.6. The predicted molar refractivity (Wildman–Crippen MR) is 106 cm³/mol. The largest absolute Gasteiger partial charge is 0.461 e. The lowest BCUT2D eigenvalue weighted by atomic mass is 10.0. The Morgan fingerprint density at radius 2 is 2.21 bits per heavy atom. The van der Waals surface area contributed by atoms with Gasteiger partial charge in [0, 0.05) is 12.5 Å². The summed E-state index contributed by atoms with van der Waals surface area (Å²) >= 11 is 1.34. The Morgan fingerprint density at radius 3 is 2.86 bits per heavy atom. The van der Waals surface area contributed by atoms with Crippen LogP contribution in [-0.2, 0) is 11.3 Å². The number of nitrogens with one attached hydrogen (secondary N) is 1. The summed E-state index contributed by atoms with van der Waals surface area (Å²) in [6.45, 7) is 6.71. The van der Waals surface area contributed by atoms with E-state index in [1.54, 1.807) is 6.26 Å². The maximum atomic E-state index is 12.6. The van der Waals surface area contributed by atoms with Gasteiger partial charge in [0.2, 0.25) is 11.8 Å². The summed E-state index contributed by atoms with van der Waals surface area (Å²) in [6.07, 6.45) is 3.81. The number of hydrogen-bond acceptors (Lipinski definition) is 8. The van der Waals surface area contributed by atoms with Crippen LogP contribution in [-0.4, -0.2) is 36.6 Å². The van der Waals surface area contributed by atoms with Crippen LogP contribution in [0.3, 0.4) is 0 Å². The normalized spacial score (nSPS) is 15.0. The van der Waals surface area contributed by atoms with Gasteiger partial charge in [0.25, 0.3) is 0 Å². The van der Waals surface area contributed by atoms with Crippen molar-refractivity contribution in [3.05, 3.63) is 30.1 Å². The van der Waals surface area contributed by atoms with Gasteiger partial charge in [0.1, 0.15) is 6.04 Å². The van der Waals surface area contributed by atoms with Gasteiger partial charge in [-0.1, -0.05) is 30.8 Å². The second-order valence-corrected chi connectivity index (χ2v) is 8.31. The molecule has 1 atom stereocenters. The number of thioether (sulfide) groups is 1. The number of furan rings is 1. The third-order valence-corrected chi connectivity index (χ3v) is 5.72. The maximum Gasteiger partial charge on any atom is 0.249 e. The molecule has 0 aliphatic heterocycles. The minimum atomic E-state index is -0.314. The molecule has 0 saturated heterocycles. The quantitative estimate of drug-likeness (QED) is 0.528. The Hall–Kier alpha value is -2.62. The molecule has 10 heteroatoms. The zero-order valence-electron chi connectivity index (χ0n) is 16.7. The van der Waals surface area contributed by atoms with E-state index in [4.69, 9.17) is 8.94 Å². The van der Waals surface area contributed by atoms with E-state index < -0.39 is 0 Å². The molecule has 0 radical (unpaired) electrons. The van der Waals surface area contributed by atoms with Gasteiger partial charge in [-0.15, -0.1) is 10.2 Å². The third kappa shape index (κ3) is 4.36. The number of amides is 1. The second-order valence-electron chi connectivity index (χ2n) is 7.37. The molecule has 3 aromatic heterocycles. The molecule has 0 bridgehead atoms. The van der Waals surface area contributed by atoms with Gasteiger partial charge in [-0.05, 0) is 37.8 Å². The van der Waals surface area contributed by atoms with Gasteiger partial charge < -0.3 is 14.3 Å². The van der Waals surface area contributed by atoms with Crippen molar-refractivity contribution >= 4 is 17.7 Å². The lowest BCUT2D eigenvalue weighted by Gasteiger charge is -2.18. The first-order chi connectivity index (χ1) is 14.1. The SMILES string of the molecule is CCn1c(SCC(=O)NC(c2nc(C3CC3)no2)C(C)C)nnc1-c1ccco1. The van der Waals surface area contributed by atoms with Crippen molar-refractivity contribution in [2.45, 2.75) is 57.3 Å². The van der Waals surface area contributed by atoms with E-state index in [9.17, 15) is 4.79 Å². The lowest BCUT2D eigenvalue weighted by molar-refractivity contribution is -0.119. The average Bonchev–Trinajstić information content (AvgIpc) is 3.13. The third-order valence-electron chi connectivity index (χ3n) is 4.76. The number of rotatable bonds is 9. The summed E-state index contributed by atoms with van der Waals surface area (Å²) in [5.74, 6) is 3.15. The first-order valence-corrected chi connectivity index (χ1v) is 10.8. The van der Waals surface area contributed by atoms with Crippen LogP contribution in [0.2, 0.25) is 0 Å². The zero-order valence-corrected chi connectivity index (χ0v) is 17.5. The molecule has 154 valence electrons. The summed E-state index contributed by atoms with van der Waals surface area (Å²) in [4.78, 5) is 17.1. The van der Waals surface area contributed by atoms with Crippen LogP contribution in [0.15, 0.2) is 32.5 Å². The molecule has 1 saturated carbocycles. The van der Waals surface area contributed by atoms with Crippen LogP contribution in [0.4, 0.5) is 0 Å². The van der Waals surface area contributed by atoms with E-state index >= 15 is 0 Å². The van der Waals surface area contributed by atoms with Gasteiger partial charge in [0.05, 0.1) is 12.0 Å². The molecule has 9 nitrogen and oxygen atoms in total. The smallest absolute Gasteiger partial charge is 0.249 e. The molecule has 1 amide bonds. The fourth-order valence-corrected chi connectivity index (χ4v) is 3.82. The fraction of sp³-hybridized carbons (Fsp3) is 0.526. The molecule has 3 heterocycles. The summed E-state index contributed by atoms with van der Waals surface area (Å²) in [5.41, 5.74) is 0. The van der Waals surface area contributed by atoms with E-state index in [0.29, 0.717) is 35.1 Å². The van der Waals surface area contributed by atoms with E-state index in [1.165, 1.54) is 11.8 Å². The average molecular weight is 417 g/mol. The van der Waals surface area contributed by atoms with Gasteiger partial charge in [-0.2, -0.15) is 4.98 Å². The highest BCUT2D eigenvalue weighted by Crippen LogP contribution is 2.38. The van der Waals surface area contributed by atoms with Crippen LogP contribution in [0.5, 0.6) is 0 Å². The molecule has 29 heavy (non-hydrogen) atoms. The minimum Gasteiger partial charge on any atom is -0.461 e.